The Morgan fingerprint density at radius 1 is 1.12 bits per heavy atom. The quantitative estimate of drug-likeness (QED) is 0.507. The number of ether oxygens (including phenoxy) is 1. The summed E-state index contributed by atoms with van der Waals surface area (Å²) in [7, 11) is 0. The summed E-state index contributed by atoms with van der Waals surface area (Å²) >= 11 is 0. The zero-order valence-corrected chi connectivity index (χ0v) is 18.4. The Balaban J connectivity index is 1.51. The molecule has 0 atom stereocenters. The third-order valence-electron chi connectivity index (χ3n) is 6.70. The van der Waals surface area contributed by atoms with E-state index in [9.17, 15) is 10.1 Å². The number of rotatable bonds is 6. The van der Waals surface area contributed by atoms with Crippen molar-refractivity contribution in [3.05, 3.63) is 48.0 Å². The number of nitrogens with zero attached hydrogens (tertiary/aromatic N) is 2. The van der Waals surface area contributed by atoms with Crippen molar-refractivity contribution >= 4 is 22.6 Å². The standard InChI is InChI=1S/C26H28N4O2/c1-2-32-21-13-14-22-23(16-27)25(30(24(22)15-21)20-7-4-8-20)17-9-11-19(12-10-17)29-26(31)28-18-5-3-6-18/h9-15,18,20H,2-8H2,1H3,(H2,28,29,31). The smallest absolute Gasteiger partial charge is 0.319 e. The fourth-order valence-electron chi connectivity index (χ4n) is 4.58. The third-order valence-corrected chi connectivity index (χ3v) is 6.70. The summed E-state index contributed by atoms with van der Waals surface area (Å²) in [4.78, 5) is 12.2. The topological polar surface area (TPSA) is 79.1 Å². The molecule has 6 heteroatoms. The minimum atomic E-state index is -0.160. The van der Waals surface area contributed by atoms with Gasteiger partial charge in [-0.25, -0.2) is 4.79 Å². The van der Waals surface area contributed by atoms with Crippen LogP contribution in [0.25, 0.3) is 22.2 Å². The van der Waals surface area contributed by atoms with Crippen molar-refractivity contribution in [2.24, 2.45) is 0 Å². The zero-order chi connectivity index (χ0) is 22.1. The molecule has 0 unspecified atom stereocenters. The second-order valence-corrected chi connectivity index (χ2v) is 8.71. The van der Waals surface area contributed by atoms with Gasteiger partial charge in [-0.1, -0.05) is 12.1 Å². The number of fused-ring (bicyclic) bond motifs is 1. The van der Waals surface area contributed by atoms with Gasteiger partial charge >= 0.3 is 6.03 Å². The van der Waals surface area contributed by atoms with E-state index in [1.165, 1.54) is 12.8 Å². The van der Waals surface area contributed by atoms with Crippen molar-refractivity contribution in [3.63, 3.8) is 0 Å². The number of urea groups is 1. The first-order valence-electron chi connectivity index (χ1n) is 11.6. The van der Waals surface area contributed by atoms with Crippen molar-refractivity contribution in [3.8, 4) is 23.1 Å². The second-order valence-electron chi connectivity index (χ2n) is 8.71. The molecule has 1 aromatic heterocycles. The molecule has 0 bridgehead atoms. The molecule has 2 aliphatic rings. The largest absolute Gasteiger partial charge is 0.494 e. The number of carbonyl (C=O) groups is 1. The van der Waals surface area contributed by atoms with Crippen LogP contribution in [0, 0.1) is 11.3 Å². The highest BCUT2D eigenvalue weighted by atomic mass is 16.5. The Bertz CT molecular complexity index is 1180. The number of benzene rings is 2. The first kappa shape index (κ1) is 20.4. The first-order valence-corrected chi connectivity index (χ1v) is 11.6. The maximum atomic E-state index is 12.2. The predicted molar refractivity (Wildman–Crippen MR) is 126 cm³/mol. The molecule has 0 radical (unpaired) electrons. The number of nitriles is 1. The van der Waals surface area contributed by atoms with Gasteiger partial charge < -0.3 is 19.9 Å². The minimum absolute atomic E-state index is 0.160. The van der Waals surface area contributed by atoms with Crippen LogP contribution >= 0.6 is 0 Å². The van der Waals surface area contributed by atoms with E-state index in [1.807, 2.05) is 43.3 Å². The highest BCUT2D eigenvalue weighted by Crippen LogP contribution is 2.43. The van der Waals surface area contributed by atoms with Crippen LogP contribution in [0.15, 0.2) is 42.5 Å². The summed E-state index contributed by atoms with van der Waals surface area (Å²) in [5.74, 6) is 0.825. The molecule has 0 saturated heterocycles. The second kappa shape index (κ2) is 8.58. The Morgan fingerprint density at radius 3 is 2.47 bits per heavy atom. The number of hydrogen-bond donors (Lipinski definition) is 2. The molecule has 32 heavy (non-hydrogen) atoms. The Hall–Kier alpha value is -3.46. The van der Waals surface area contributed by atoms with Crippen molar-refractivity contribution in [2.45, 2.75) is 57.5 Å². The van der Waals surface area contributed by atoms with Crippen LogP contribution in [0.3, 0.4) is 0 Å². The number of nitrogens with one attached hydrogen (secondary N) is 2. The van der Waals surface area contributed by atoms with E-state index < -0.39 is 0 Å². The van der Waals surface area contributed by atoms with E-state index in [2.05, 4.69) is 27.3 Å². The monoisotopic (exact) mass is 428 g/mol. The number of amides is 2. The van der Waals surface area contributed by atoms with Gasteiger partial charge in [0.2, 0.25) is 0 Å². The number of carbonyl (C=O) groups excluding carboxylic acids is 1. The van der Waals surface area contributed by atoms with E-state index >= 15 is 0 Å². The van der Waals surface area contributed by atoms with Crippen molar-refractivity contribution in [2.75, 3.05) is 11.9 Å². The molecule has 2 fully saturated rings. The van der Waals surface area contributed by atoms with Crippen LogP contribution < -0.4 is 15.4 Å². The third kappa shape index (κ3) is 3.69. The molecule has 2 aliphatic carbocycles. The summed E-state index contributed by atoms with van der Waals surface area (Å²) < 4.78 is 8.06. The molecular weight excluding hydrogens is 400 g/mol. The van der Waals surface area contributed by atoms with Gasteiger partial charge in [-0.05, 0) is 75.3 Å². The van der Waals surface area contributed by atoms with Crippen LogP contribution in [-0.4, -0.2) is 23.2 Å². The molecule has 0 spiro atoms. The van der Waals surface area contributed by atoms with Crippen LogP contribution in [0.5, 0.6) is 5.75 Å². The molecule has 1 heterocycles. The van der Waals surface area contributed by atoms with Gasteiger partial charge in [0.25, 0.3) is 0 Å². The number of anilines is 1. The van der Waals surface area contributed by atoms with E-state index in [0.717, 1.165) is 59.3 Å². The van der Waals surface area contributed by atoms with Crippen LogP contribution in [-0.2, 0) is 0 Å². The number of hydrogen-bond acceptors (Lipinski definition) is 3. The molecule has 5 rings (SSSR count). The molecule has 2 saturated carbocycles. The summed E-state index contributed by atoms with van der Waals surface area (Å²) in [6.45, 7) is 2.58. The average molecular weight is 429 g/mol. The van der Waals surface area contributed by atoms with E-state index in [-0.39, 0.29) is 6.03 Å². The SMILES string of the molecule is CCOc1ccc2c(C#N)c(-c3ccc(NC(=O)NC4CCC4)cc3)n(C3CCC3)c2c1. The maximum Gasteiger partial charge on any atom is 0.319 e. The van der Waals surface area contributed by atoms with Crippen molar-refractivity contribution < 1.29 is 9.53 Å². The highest BCUT2D eigenvalue weighted by molar-refractivity contribution is 5.96. The van der Waals surface area contributed by atoms with Crippen molar-refractivity contribution in [1.82, 2.24) is 9.88 Å². The lowest BCUT2D eigenvalue weighted by Crippen LogP contribution is -2.41. The summed E-state index contributed by atoms with van der Waals surface area (Å²) in [6.07, 6.45) is 6.72. The van der Waals surface area contributed by atoms with Gasteiger partial charge in [-0.15, -0.1) is 0 Å². The van der Waals surface area contributed by atoms with Gasteiger partial charge in [0.05, 0.1) is 23.4 Å². The summed E-state index contributed by atoms with van der Waals surface area (Å²) in [5.41, 5.74) is 4.42. The fraction of sp³-hybridized carbons (Fsp3) is 0.385. The summed E-state index contributed by atoms with van der Waals surface area (Å²) in [6, 6.07) is 16.8. The molecule has 2 N–H and O–H groups in total. The molecule has 164 valence electrons. The van der Waals surface area contributed by atoms with Crippen molar-refractivity contribution in [1.29, 1.82) is 5.26 Å². The Labute approximate surface area is 188 Å². The molecule has 0 aliphatic heterocycles. The fourth-order valence-corrected chi connectivity index (χ4v) is 4.58. The normalized spacial score (nSPS) is 16.1. The van der Waals surface area contributed by atoms with E-state index in [1.54, 1.807) is 0 Å². The van der Waals surface area contributed by atoms with E-state index in [4.69, 9.17) is 4.74 Å². The minimum Gasteiger partial charge on any atom is -0.494 e. The molecular formula is C26H28N4O2. The van der Waals surface area contributed by atoms with E-state index in [0.29, 0.717) is 24.3 Å². The Kier molecular flexibility index (Phi) is 5.48. The van der Waals surface area contributed by atoms with Crippen LogP contribution in [0.4, 0.5) is 10.5 Å². The lowest BCUT2D eigenvalue weighted by Gasteiger charge is -2.30. The lowest BCUT2D eigenvalue weighted by atomic mass is 9.92. The van der Waals surface area contributed by atoms with Gasteiger partial charge in [0, 0.05) is 29.2 Å². The average Bonchev–Trinajstić information content (AvgIpc) is 3.04. The molecule has 2 amide bonds. The number of aromatic nitrogens is 1. The molecule has 3 aromatic rings. The Morgan fingerprint density at radius 2 is 1.88 bits per heavy atom. The van der Waals surface area contributed by atoms with Gasteiger partial charge in [-0.3, -0.25) is 0 Å². The molecule has 2 aromatic carbocycles. The first-order chi connectivity index (χ1) is 15.7. The predicted octanol–water partition coefficient (Wildman–Crippen LogP) is 5.98. The maximum absolute atomic E-state index is 12.2. The lowest BCUT2D eigenvalue weighted by molar-refractivity contribution is 0.240. The van der Waals surface area contributed by atoms with Gasteiger partial charge in [0.1, 0.15) is 11.8 Å². The van der Waals surface area contributed by atoms with Crippen LogP contribution in [0.1, 0.15) is 57.1 Å². The van der Waals surface area contributed by atoms with Crippen LogP contribution in [0.2, 0.25) is 0 Å². The molecule has 6 nitrogen and oxygen atoms in total. The highest BCUT2D eigenvalue weighted by Gasteiger charge is 2.28. The van der Waals surface area contributed by atoms with Gasteiger partial charge in [0.15, 0.2) is 0 Å². The zero-order valence-electron chi connectivity index (χ0n) is 18.4. The summed E-state index contributed by atoms with van der Waals surface area (Å²) in [5, 5.41) is 16.9. The van der Waals surface area contributed by atoms with Gasteiger partial charge in [-0.2, -0.15) is 5.26 Å².